The molecule has 0 saturated heterocycles. The molecule has 3 N–H and O–H groups in total. The van der Waals surface area contributed by atoms with Gasteiger partial charge in [-0.3, -0.25) is 5.41 Å². The van der Waals surface area contributed by atoms with Crippen molar-refractivity contribution in [2.24, 2.45) is 5.73 Å². The minimum absolute atomic E-state index is 0.255. The summed E-state index contributed by atoms with van der Waals surface area (Å²) in [5, 5.41) is 14.5. The molecular weight excluding hydrogens is 348 g/mol. The third-order valence-electron chi connectivity index (χ3n) is 4.65. The van der Waals surface area contributed by atoms with Gasteiger partial charge in [0.25, 0.3) is 0 Å². The number of rotatable bonds is 12. The molecule has 2 rings (SSSR count). The van der Waals surface area contributed by atoms with E-state index in [0.29, 0.717) is 18.2 Å². The average molecular weight is 387 g/mol. The van der Waals surface area contributed by atoms with Gasteiger partial charge < -0.3 is 10.2 Å². The van der Waals surface area contributed by atoms with E-state index in [1.807, 2.05) is 19.9 Å². The number of hydrogen-bond acceptors (Lipinski definition) is 4. The van der Waals surface area contributed by atoms with Gasteiger partial charge in [-0.05, 0) is 30.5 Å². The van der Waals surface area contributed by atoms with Crippen molar-refractivity contribution < 1.29 is 4.42 Å². The first-order chi connectivity index (χ1) is 13.6. The van der Waals surface area contributed by atoms with Gasteiger partial charge in [0.05, 0.1) is 5.84 Å². The zero-order valence-corrected chi connectivity index (χ0v) is 18.0. The molecule has 0 radical (unpaired) electrons. The van der Waals surface area contributed by atoms with Crippen molar-refractivity contribution in [1.29, 1.82) is 5.41 Å². The van der Waals surface area contributed by atoms with Gasteiger partial charge in [0.2, 0.25) is 11.8 Å². The van der Waals surface area contributed by atoms with Crippen molar-refractivity contribution in [2.75, 3.05) is 0 Å². The Morgan fingerprint density at radius 3 is 2.11 bits per heavy atom. The molecule has 0 saturated carbocycles. The van der Waals surface area contributed by atoms with Crippen molar-refractivity contribution in [3.05, 3.63) is 35.7 Å². The summed E-state index contributed by atoms with van der Waals surface area (Å²) in [6, 6.07) is 8.49. The van der Waals surface area contributed by atoms with E-state index in [1.165, 1.54) is 63.4 Å². The highest BCUT2D eigenvalue weighted by Crippen LogP contribution is 2.20. The second-order valence-electron chi connectivity index (χ2n) is 7.28. The van der Waals surface area contributed by atoms with Crippen LogP contribution >= 0.6 is 0 Å². The summed E-state index contributed by atoms with van der Waals surface area (Å²) in [4.78, 5) is 0. The molecule has 156 valence electrons. The van der Waals surface area contributed by atoms with Crippen LogP contribution < -0.4 is 5.73 Å². The standard InChI is InChI=1S/C20H30N2O.C3H8N2/c1-3-4-5-6-7-8-9-10-11-13-18-14-12-15-19(16-18)20-22-21-17(2)23-20;1-2-3(4)5/h12,14-16H,3-11,13H2,1-2H3;2H2,1H3,(H3,4,5). The summed E-state index contributed by atoms with van der Waals surface area (Å²) in [6.45, 7) is 5.94. The largest absolute Gasteiger partial charge is 0.421 e. The highest BCUT2D eigenvalue weighted by molar-refractivity contribution is 5.76. The van der Waals surface area contributed by atoms with Crippen LogP contribution in [0.25, 0.3) is 11.5 Å². The van der Waals surface area contributed by atoms with E-state index in [0.717, 1.165) is 12.0 Å². The fraction of sp³-hybridized carbons (Fsp3) is 0.609. The second kappa shape index (κ2) is 14.8. The van der Waals surface area contributed by atoms with Crippen molar-refractivity contribution in [3.63, 3.8) is 0 Å². The molecule has 0 bridgehead atoms. The molecule has 1 aromatic carbocycles. The fourth-order valence-electron chi connectivity index (χ4n) is 2.91. The number of nitrogens with zero attached hydrogens (tertiary/aromatic N) is 2. The minimum Gasteiger partial charge on any atom is -0.421 e. The lowest BCUT2D eigenvalue weighted by Gasteiger charge is -2.04. The SMILES string of the molecule is CCC(=N)N.CCCCCCCCCCCc1cccc(-c2nnc(C)o2)c1. The Morgan fingerprint density at radius 2 is 1.57 bits per heavy atom. The number of benzene rings is 1. The molecule has 0 unspecified atom stereocenters. The zero-order valence-electron chi connectivity index (χ0n) is 18.0. The van der Waals surface area contributed by atoms with Gasteiger partial charge in [-0.25, -0.2) is 0 Å². The van der Waals surface area contributed by atoms with E-state index in [9.17, 15) is 0 Å². The first-order valence-corrected chi connectivity index (χ1v) is 10.8. The Kier molecular flexibility index (Phi) is 12.6. The maximum atomic E-state index is 6.52. The summed E-state index contributed by atoms with van der Waals surface area (Å²) in [7, 11) is 0. The molecule has 0 aliphatic carbocycles. The maximum Gasteiger partial charge on any atom is 0.247 e. The first-order valence-electron chi connectivity index (χ1n) is 10.8. The Bertz CT molecular complexity index is 666. The van der Waals surface area contributed by atoms with Crippen LogP contribution in [0.3, 0.4) is 0 Å². The van der Waals surface area contributed by atoms with Crippen LogP contribution in [-0.4, -0.2) is 16.0 Å². The quantitative estimate of drug-likeness (QED) is 0.249. The molecule has 0 spiro atoms. The van der Waals surface area contributed by atoms with E-state index < -0.39 is 0 Å². The lowest BCUT2D eigenvalue weighted by atomic mass is 10.0. The number of hydrogen-bond donors (Lipinski definition) is 2. The molecule has 0 fully saturated rings. The average Bonchev–Trinajstić information content (AvgIpc) is 3.14. The normalized spacial score (nSPS) is 10.4. The van der Waals surface area contributed by atoms with Crippen LogP contribution in [0.2, 0.25) is 0 Å². The molecule has 0 amide bonds. The Hall–Kier alpha value is -2.17. The monoisotopic (exact) mass is 386 g/mol. The van der Waals surface area contributed by atoms with E-state index in [1.54, 1.807) is 0 Å². The van der Waals surface area contributed by atoms with Gasteiger partial charge in [0, 0.05) is 18.9 Å². The number of aromatic nitrogens is 2. The van der Waals surface area contributed by atoms with Gasteiger partial charge in [-0.2, -0.15) is 0 Å². The van der Waals surface area contributed by atoms with Gasteiger partial charge in [-0.1, -0.05) is 77.3 Å². The fourth-order valence-corrected chi connectivity index (χ4v) is 2.91. The maximum absolute atomic E-state index is 6.52. The molecule has 28 heavy (non-hydrogen) atoms. The lowest BCUT2D eigenvalue weighted by molar-refractivity contribution is 0.532. The Morgan fingerprint density at radius 1 is 0.964 bits per heavy atom. The molecule has 1 heterocycles. The number of nitrogens with two attached hydrogens (primary N) is 1. The topological polar surface area (TPSA) is 88.8 Å². The summed E-state index contributed by atoms with van der Waals surface area (Å²) in [6.07, 6.45) is 14.1. The van der Waals surface area contributed by atoms with Gasteiger partial charge >= 0.3 is 0 Å². The van der Waals surface area contributed by atoms with Crippen molar-refractivity contribution in [2.45, 2.75) is 91.4 Å². The van der Waals surface area contributed by atoms with Gasteiger partial charge in [-0.15, -0.1) is 10.2 Å². The highest BCUT2D eigenvalue weighted by atomic mass is 16.4. The van der Waals surface area contributed by atoms with Gasteiger partial charge in [0.1, 0.15) is 0 Å². The zero-order chi connectivity index (χ0) is 20.6. The Labute approximate surface area is 170 Å². The summed E-state index contributed by atoms with van der Waals surface area (Å²) in [5.74, 6) is 1.49. The third kappa shape index (κ3) is 10.9. The molecule has 1 aromatic heterocycles. The second-order valence-corrected chi connectivity index (χ2v) is 7.28. The molecule has 5 heteroatoms. The van der Waals surface area contributed by atoms with E-state index in [2.05, 4.69) is 35.3 Å². The highest BCUT2D eigenvalue weighted by Gasteiger charge is 2.06. The number of unbranched alkanes of at least 4 members (excludes halogenated alkanes) is 8. The molecule has 0 atom stereocenters. The minimum atomic E-state index is 0.255. The summed E-state index contributed by atoms with van der Waals surface area (Å²) < 4.78 is 5.50. The molecule has 0 aliphatic rings. The summed E-state index contributed by atoms with van der Waals surface area (Å²) >= 11 is 0. The van der Waals surface area contributed by atoms with Crippen LogP contribution in [0.5, 0.6) is 0 Å². The first kappa shape index (κ1) is 23.9. The van der Waals surface area contributed by atoms with E-state index in [-0.39, 0.29) is 5.84 Å². The number of aryl methyl sites for hydroxylation is 2. The number of amidine groups is 1. The van der Waals surface area contributed by atoms with Crippen LogP contribution in [0, 0.1) is 12.3 Å². The van der Waals surface area contributed by atoms with Crippen LogP contribution in [0.4, 0.5) is 0 Å². The van der Waals surface area contributed by atoms with E-state index in [4.69, 9.17) is 15.6 Å². The predicted molar refractivity (Wildman–Crippen MR) is 118 cm³/mol. The molecule has 2 aromatic rings. The predicted octanol–water partition coefficient (Wildman–Crippen LogP) is 6.45. The van der Waals surface area contributed by atoms with Crippen molar-refractivity contribution in [1.82, 2.24) is 10.2 Å². The van der Waals surface area contributed by atoms with Crippen molar-refractivity contribution >= 4 is 5.84 Å². The van der Waals surface area contributed by atoms with Crippen LogP contribution in [0.15, 0.2) is 28.7 Å². The molecule has 0 aliphatic heterocycles. The van der Waals surface area contributed by atoms with Crippen LogP contribution in [0.1, 0.15) is 89.5 Å². The van der Waals surface area contributed by atoms with Crippen molar-refractivity contribution in [3.8, 4) is 11.5 Å². The molecule has 5 nitrogen and oxygen atoms in total. The molecular formula is C23H38N4O. The Balaban J connectivity index is 0.000000696. The van der Waals surface area contributed by atoms with E-state index >= 15 is 0 Å². The summed E-state index contributed by atoms with van der Waals surface area (Å²) in [5.41, 5.74) is 7.26. The van der Waals surface area contributed by atoms with Crippen LogP contribution in [-0.2, 0) is 6.42 Å². The lowest BCUT2D eigenvalue weighted by Crippen LogP contribution is -2.05. The third-order valence-corrected chi connectivity index (χ3v) is 4.65. The smallest absolute Gasteiger partial charge is 0.247 e. The number of nitrogens with one attached hydrogen (secondary N) is 1. The van der Waals surface area contributed by atoms with Gasteiger partial charge in [0.15, 0.2) is 0 Å².